The zero-order valence-electron chi connectivity index (χ0n) is 9.41. The number of hydrogen-bond donors (Lipinski definition) is 2. The summed E-state index contributed by atoms with van der Waals surface area (Å²) < 4.78 is 0. The zero-order chi connectivity index (χ0) is 12.3. The Balaban J connectivity index is 1.98. The lowest BCUT2D eigenvalue weighted by molar-refractivity contribution is 0.253. The molecule has 4 nitrogen and oxygen atoms in total. The van der Waals surface area contributed by atoms with E-state index in [1.807, 2.05) is 6.07 Å². The number of hydrogen-bond acceptors (Lipinski definition) is 4. The molecule has 1 aliphatic rings. The highest BCUT2D eigenvalue weighted by atomic mass is 35.5. The summed E-state index contributed by atoms with van der Waals surface area (Å²) in [5, 5.41) is 21.3. The van der Waals surface area contributed by atoms with Crippen LogP contribution in [0.2, 0.25) is 5.02 Å². The molecule has 1 aliphatic carbocycles. The van der Waals surface area contributed by atoms with Crippen LogP contribution in [0.4, 0.5) is 5.82 Å². The molecule has 1 heterocycles. The van der Waals surface area contributed by atoms with Gasteiger partial charge in [-0.3, -0.25) is 0 Å². The molecule has 17 heavy (non-hydrogen) atoms. The maximum atomic E-state index is 8.96. The molecule has 1 saturated carbocycles. The van der Waals surface area contributed by atoms with Crippen LogP contribution in [0.15, 0.2) is 12.3 Å². The molecular formula is C12H14ClN3O. The summed E-state index contributed by atoms with van der Waals surface area (Å²) in [4.78, 5) is 4.11. The Morgan fingerprint density at radius 1 is 1.59 bits per heavy atom. The molecule has 0 bridgehead atoms. The minimum absolute atomic E-state index is 0.216. The second-order valence-electron chi connectivity index (χ2n) is 4.49. The fourth-order valence-corrected chi connectivity index (χ4v) is 2.06. The molecule has 0 aromatic carbocycles. The average molecular weight is 252 g/mol. The van der Waals surface area contributed by atoms with Crippen LogP contribution in [0.25, 0.3) is 0 Å². The molecule has 0 spiro atoms. The minimum Gasteiger partial charge on any atom is -0.396 e. The Morgan fingerprint density at radius 3 is 2.88 bits per heavy atom. The molecule has 0 atom stereocenters. The largest absolute Gasteiger partial charge is 0.396 e. The second-order valence-corrected chi connectivity index (χ2v) is 4.90. The van der Waals surface area contributed by atoms with Crippen molar-refractivity contribution in [3.63, 3.8) is 0 Å². The van der Waals surface area contributed by atoms with Crippen molar-refractivity contribution in [3.8, 4) is 6.07 Å². The van der Waals surface area contributed by atoms with Crippen LogP contribution >= 0.6 is 11.6 Å². The van der Waals surface area contributed by atoms with E-state index in [1.165, 1.54) is 6.20 Å². The third-order valence-electron chi connectivity index (χ3n) is 3.20. The summed E-state index contributed by atoms with van der Waals surface area (Å²) in [5.41, 5.74) is 0.672. The van der Waals surface area contributed by atoms with E-state index in [1.54, 1.807) is 6.07 Å². The number of aromatic nitrogens is 1. The van der Waals surface area contributed by atoms with Crippen LogP contribution in [-0.2, 0) is 0 Å². The Labute approximate surface area is 105 Å². The van der Waals surface area contributed by atoms with Gasteiger partial charge < -0.3 is 10.4 Å². The van der Waals surface area contributed by atoms with Gasteiger partial charge in [-0.2, -0.15) is 5.26 Å². The first-order valence-corrected chi connectivity index (χ1v) is 5.97. The van der Waals surface area contributed by atoms with Gasteiger partial charge in [0.1, 0.15) is 11.9 Å². The van der Waals surface area contributed by atoms with Gasteiger partial charge in [-0.05, 0) is 30.7 Å². The molecule has 90 valence electrons. The molecule has 0 saturated heterocycles. The Hall–Kier alpha value is -1.31. The molecule has 0 radical (unpaired) electrons. The highest BCUT2D eigenvalue weighted by Gasteiger charge is 2.41. The van der Waals surface area contributed by atoms with Crippen LogP contribution in [0.3, 0.4) is 0 Å². The van der Waals surface area contributed by atoms with Crippen molar-refractivity contribution in [2.75, 3.05) is 18.5 Å². The number of pyridine rings is 1. The van der Waals surface area contributed by atoms with E-state index >= 15 is 0 Å². The van der Waals surface area contributed by atoms with E-state index in [9.17, 15) is 0 Å². The summed E-state index contributed by atoms with van der Waals surface area (Å²) >= 11 is 6.01. The number of nitriles is 1. The van der Waals surface area contributed by atoms with E-state index in [-0.39, 0.29) is 12.0 Å². The predicted octanol–water partition coefficient (Wildman–Crippen LogP) is 2.18. The van der Waals surface area contributed by atoms with Crippen molar-refractivity contribution in [2.45, 2.75) is 19.3 Å². The highest BCUT2D eigenvalue weighted by molar-refractivity contribution is 6.33. The molecule has 1 aromatic rings. The number of aliphatic hydroxyl groups is 1. The fraction of sp³-hybridized carbons (Fsp3) is 0.500. The highest BCUT2D eigenvalue weighted by Crippen LogP contribution is 2.48. The van der Waals surface area contributed by atoms with Gasteiger partial charge >= 0.3 is 0 Å². The maximum Gasteiger partial charge on any atom is 0.144 e. The summed E-state index contributed by atoms with van der Waals surface area (Å²) in [5.74, 6) is 0.606. The molecule has 5 heteroatoms. The fourth-order valence-electron chi connectivity index (χ4n) is 1.83. The minimum atomic E-state index is 0.216. The lowest BCUT2D eigenvalue weighted by Crippen LogP contribution is -2.17. The quantitative estimate of drug-likeness (QED) is 0.842. The summed E-state index contributed by atoms with van der Waals surface area (Å²) in [6, 6.07) is 3.59. The third-order valence-corrected chi connectivity index (χ3v) is 3.49. The van der Waals surface area contributed by atoms with Crippen LogP contribution in [0, 0.1) is 16.7 Å². The van der Waals surface area contributed by atoms with Crippen molar-refractivity contribution in [1.82, 2.24) is 4.98 Å². The van der Waals surface area contributed by atoms with Crippen LogP contribution in [0.1, 0.15) is 24.8 Å². The molecule has 0 amide bonds. The number of aliphatic hydroxyl groups excluding tert-OH is 1. The van der Waals surface area contributed by atoms with Gasteiger partial charge in [0.2, 0.25) is 0 Å². The average Bonchev–Trinajstić information content (AvgIpc) is 3.08. The van der Waals surface area contributed by atoms with E-state index in [0.717, 1.165) is 25.8 Å². The molecule has 1 aromatic heterocycles. The van der Waals surface area contributed by atoms with Gasteiger partial charge in [-0.25, -0.2) is 4.98 Å². The first kappa shape index (κ1) is 12.2. The van der Waals surface area contributed by atoms with Crippen LogP contribution in [-0.4, -0.2) is 23.2 Å². The standard InChI is InChI=1S/C12H14ClN3O/c13-10-5-9(6-14)7-15-11(10)16-8-12(1-2-12)3-4-17/h5,7,17H,1-4,8H2,(H,15,16). The monoisotopic (exact) mass is 251 g/mol. The van der Waals surface area contributed by atoms with Crippen molar-refractivity contribution in [2.24, 2.45) is 5.41 Å². The van der Waals surface area contributed by atoms with Crippen LogP contribution < -0.4 is 5.32 Å². The molecule has 2 rings (SSSR count). The summed E-state index contributed by atoms with van der Waals surface area (Å²) in [7, 11) is 0. The molecular weight excluding hydrogens is 238 g/mol. The Morgan fingerprint density at radius 2 is 2.35 bits per heavy atom. The van der Waals surface area contributed by atoms with Gasteiger partial charge in [-0.1, -0.05) is 11.6 Å². The summed E-state index contributed by atoms with van der Waals surface area (Å²) in [6.45, 7) is 0.988. The topological polar surface area (TPSA) is 68.9 Å². The molecule has 0 unspecified atom stereocenters. The maximum absolute atomic E-state index is 8.96. The van der Waals surface area contributed by atoms with Gasteiger partial charge in [-0.15, -0.1) is 0 Å². The number of rotatable bonds is 5. The van der Waals surface area contributed by atoms with E-state index in [2.05, 4.69) is 10.3 Å². The SMILES string of the molecule is N#Cc1cnc(NCC2(CCO)CC2)c(Cl)c1. The number of anilines is 1. The van der Waals surface area contributed by atoms with Gasteiger partial charge in [0.05, 0.1) is 10.6 Å². The number of halogens is 1. The Kier molecular flexibility index (Phi) is 3.51. The van der Waals surface area contributed by atoms with Crippen molar-refractivity contribution in [3.05, 3.63) is 22.8 Å². The van der Waals surface area contributed by atoms with Crippen molar-refractivity contribution < 1.29 is 5.11 Å². The zero-order valence-corrected chi connectivity index (χ0v) is 10.2. The first-order valence-electron chi connectivity index (χ1n) is 5.59. The van der Waals surface area contributed by atoms with E-state index in [4.69, 9.17) is 22.0 Å². The van der Waals surface area contributed by atoms with Crippen molar-refractivity contribution in [1.29, 1.82) is 5.26 Å². The smallest absolute Gasteiger partial charge is 0.144 e. The molecule has 2 N–H and O–H groups in total. The van der Waals surface area contributed by atoms with Gasteiger partial charge in [0.25, 0.3) is 0 Å². The normalized spacial score (nSPS) is 16.3. The lowest BCUT2D eigenvalue weighted by Gasteiger charge is -2.15. The lowest BCUT2D eigenvalue weighted by atomic mass is 10.0. The van der Waals surface area contributed by atoms with Crippen LogP contribution in [0.5, 0.6) is 0 Å². The number of nitrogens with one attached hydrogen (secondary N) is 1. The number of nitrogens with zero attached hydrogens (tertiary/aromatic N) is 2. The van der Waals surface area contributed by atoms with Gasteiger partial charge in [0, 0.05) is 19.3 Å². The molecule has 0 aliphatic heterocycles. The first-order chi connectivity index (χ1) is 8.19. The molecule has 1 fully saturated rings. The second kappa shape index (κ2) is 4.91. The third kappa shape index (κ3) is 2.87. The van der Waals surface area contributed by atoms with E-state index < -0.39 is 0 Å². The van der Waals surface area contributed by atoms with Gasteiger partial charge in [0.15, 0.2) is 0 Å². The summed E-state index contributed by atoms with van der Waals surface area (Å²) in [6.07, 6.45) is 4.58. The Bertz CT molecular complexity index is 452. The van der Waals surface area contributed by atoms with Crippen molar-refractivity contribution >= 4 is 17.4 Å². The predicted molar refractivity (Wildman–Crippen MR) is 65.8 cm³/mol. The van der Waals surface area contributed by atoms with E-state index in [0.29, 0.717) is 16.4 Å².